The lowest BCUT2D eigenvalue weighted by atomic mass is 9.97. The van der Waals surface area contributed by atoms with Crippen LogP contribution in [0.5, 0.6) is 0 Å². The van der Waals surface area contributed by atoms with E-state index in [1.54, 1.807) is 18.5 Å². The third-order valence-corrected chi connectivity index (χ3v) is 5.39. The molecule has 0 aromatic carbocycles. The molecule has 7 nitrogen and oxygen atoms in total. The number of carbonyl (C=O) groups is 1. The molecule has 7 heteroatoms. The van der Waals surface area contributed by atoms with Gasteiger partial charge in [0.25, 0.3) is 5.91 Å². The Morgan fingerprint density at radius 2 is 1.97 bits per heavy atom. The molecule has 0 aliphatic carbocycles. The minimum absolute atomic E-state index is 0.0634. The number of furan rings is 1. The van der Waals surface area contributed by atoms with Crippen molar-refractivity contribution in [2.45, 2.75) is 25.7 Å². The number of aromatic nitrogens is 4. The fraction of sp³-hybridized carbons (Fsp3) is 0.273. The van der Waals surface area contributed by atoms with Gasteiger partial charge in [0, 0.05) is 43.2 Å². The van der Waals surface area contributed by atoms with Crippen molar-refractivity contribution < 1.29 is 9.21 Å². The lowest BCUT2D eigenvalue weighted by Crippen LogP contribution is -2.39. The molecule has 4 aromatic heterocycles. The second kappa shape index (κ2) is 7.16. The van der Waals surface area contributed by atoms with E-state index in [0.717, 1.165) is 47.7 Å². The molecule has 0 bridgehead atoms. The van der Waals surface area contributed by atoms with Crippen LogP contribution < -0.4 is 0 Å². The average Bonchev–Trinajstić information content (AvgIpc) is 3.39. The summed E-state index contributed by atoms with van der Waals surface area (Å²) in [5, 5.41) is 4.72. The summed E-state index contributed by atoms with van der Waals surface area (Å²) in [5.74, 6) is 1.98. The molecule has 0 spiro atoms. The Bertz CT molecular complexity index is 1160. The maximum atomic E-state index is 12.7. The van der Waals surface area contributed by atoms with Crippen LogP contribution in [0, 0.1) is 6.92 Å². The smallest absolute Gasteiger partial charge is 0.289 e. The normalized spacial score (nSPS) is 17.0. The number of likely N-dealkylation sites (tertiary alicyclic amines) is 1. The van der Waals surface area contributed by atoms with Crippen LogP contribution in [0.1, 0.15) is 40.9 Å². The summed E-state index contributed by atoms with van der Waals surface area (Å²) in [6.07, 6.45) is 7.43. The number of nitrogens with zero attached hydrogens (tertiary/aromatic N) is 5. The number of hydrogen-bond acceptors (Lipinski definition) is 5. The van der Waals surface area contributed by atoms with Gasteiger partial charge >= 0.3 is 0 Å². The zero-order valence-corrected chi connectivity index (χ0v) is 16.2. The predicted molar refractivity (Wildman–Crippen MR) is 108 cm³/mol. The van der Waals surface area contributed by atoms with Crippen LogP contribution in [0.2, 0.25) is 0 Å². The molecule has 1 saturated heterocycles. The minimum atomic E-state index is -0.0634. The highest BCUT2D eigenvalue weighted by molar-refractivity contribution is 5.91. The van der Waals surface area contributed by atoms with Crippen LogP contribution in [0.4, 0.5) is 0 Å². The van der Waals surface area contributed by atoms with E-state index in [-0.39, 0.29) is 11.8 Å². The number of piperidine rings is 1. The zero-order valence-electron chi connectivity index (χ0n) is 16.2. The monoisotopic (exact) mass is 387 g/mol. The van der Waals surface area contributed by atoms with Crippen molar-refractivity contribution in [1.82, 2.24) is 24.5 Å². The molecule has 0 N–H and O–H groups in total. The first-order valence-electron chi connectivity index (χ1n) is 9.80. The molecule has 1 fully saturated rings. The van der Waals surface area contributed by atoms with Gasteiger partial charge in [-0.25, -0.2) is 9.50 Å². The van der Waals surface area contributed by atoms with Gasteiger partial charge in [0.2, 0.25) is 0 Å². The average molecular weight is 387 g/mol. The van der Waals surface area contributed by atoms with E-state index in [1.165, 1.54) is 0 Å². The Kier molecular flexibility index (Phi) is 4.35. The summed E-state index contributed by atoms with van der Waals surface area (Å²) < 4.78 is 7.33. The van der Waals surface area contributed by atoms with Crippen LogP contribution in [-0.4, -0.2) is 43.5 Å². The van der Waals surface area contributed by atoms with Gasteiger partial charge in [-0.15, -0.1) is 0 Å². The first-order chi connectivity index (χ1) is 14.2. The van der Waals surface area contributed by atoms with E-state index >= 15 is 0 Å². The van der Waals surface area contributed by atoms with Crippen LogP contribution in [0.15, 0.2) is 59.4 Å². The lowest BCUT2D eigenvalue weighted by molar-refractivity contribution is 0.0671. The largest absolute Gasteiger partial charge is 0.456 e. The number of fused-ring (bicyclic) bond motifs is 1. The molecule has 29 heavy (non-hydrogen) atoms. The van der Waals surface area contributed by atoms with Gasteiger partial charge in [-0.05, 0) is 61.7 Å². The van der Waals surface area contributed by atoms with Crippen LogP contribution >= 0.6 is 0 Å². The molecule has 0 saturated carbocycles. The Labute approximate surface area is 168 Å². The predicted octanol–water partition coefficient (Wildman–Crippen LogP) is 3.71. The number of rotatable bonds is 3. The summed E-state index contributed by atoms with van der Waals surface area (Å²) in [4.78, 5) is 23.4. The molecule has 4 aromatic rings. The molecular weight excluding hydrogens is 366 g/mol. The number of carbonyl (C=O) groups excluding carboxylic acids is 1. The van der Waals surface area contributed by atoms with Crippen molar-refractivity contribution in [3.8, 4) is 11.1 Å². The highest BCUT2D eigenvalue weighted by atomic mass is 16.3. The maximum Gasteiger partial charge on any atom is 0.289 e. The molecular formula is C22H21N5O2. The molecule has 0 radical (unpaired) electrons. The third kappa shape index (κ3) is 3.40. The van der Waals surface area contributed by atoms with Gasteiger partial charge in [-0.2, -0.15) is 5.10 Å². The Morgan fingerprint density at radius 3 is 2.76 bits per heavy atom. The van der Waals surface area contributed by atoms with Crippen molar-refractivity contribution in [3.05, 3.63) is 72.3 Å². The lowest BCUT2D eigenvalue weighted by Gasteiger charge is -2.30. The molecule has 5 rings (SSSR count). The SMILES string of the molecule is Cc1ccc(C(=O)N2CCCC(c3nc4ccc(-c5ccncc5)cn4n3)C2)o1. The van der Waals surface area contributed by atoms with E-state index in [4.69, 9.17) is 14.5 Å². The van der Waals surface area contributed by atoms with E-state index in [0.29, 0.717) is 12.3 Å². The third-order valence-electron chi connectivity index (χ3n) is 5.39. The summed E-state index contributed by atoms with van der Waals surface area (Å²) in [7, 11) is 0. The highest BCUT2D eigenvalue weighted by Gasteiger charge is 2.29. The van der Waals surface area contributed by atoms with Crippen molar-refractivity contribution in [2.24, 2.45) is 0 Å². The van der Waals surface area contributed by atoms with Gasteiger partial charge in [0.05, 0.1) is 0 Å². The van der Waals surface area contributed by atoms with Gasteiger partial charge < -0.3 is 9.32 Å². The van der Waals surface area contributed by atoms with Crippen molar-refractivity contribution in [2.75, 3.05) is 13.1 Å². The minimum Gasteiger partial charge on any atom is -0.456 e. The quantitative estimate of drug-likeness (QED) is 0.536. The summed E-state index contributed by atoms with van der Waals surface area (Å²) >= 11 is 0. The molecule has 1 atom stereocenters. The summed E-state index contributed by atoms with van der Waals surface area (Å²) in [5.41, 5.74) is 2.95. The number of aryl methyl sites for hydroxylation is 1. The van der Waals surface area contributed by atoms with E-state index in [2.05, 4.69) is 4.98 Å². The molecule has 1 aliphatic heterocycles. The maximum absolute atomic E-state index is 12.7. The molecule has 1 aliphatic rings. The van der Waals surface area contributed by atoms with Crippen molar-refractivity contribution >= 4 is 11.6 Å². The topological polar surface area (TPSA) is 76.5 Å². The Hall–Kier alpha value is -3.48. The Morgan fingerprint density at radius 1 is 1.10 bits per heavy atom. The van der Waals surface area contributed by atoms with Crippen LogP contribution in [0.25, 0.3) is 16.8 Å². The summed E-state index contributed by atoms with van der Waals surface area (Å²) in [6.45, 7) is 3.18. The van der Waals surface area contributed by atoms with Crippen LogP contribution in [-0.2, 0) is 0 Å². The fourth-order valence-electron chi connectivity index (χ4n) is 3.87. The standard InChI is InChI=1S/C22H21N5O2/c1-15-4-6-19(29-15)22(28)26-12-2-3-18(13-26)21-24-20-7-5-17(14-27(20)25-21)16-8-10-23-11-9-16/h4-11,14,18H,2-3,12-13H2,1H3. The number of pyridine rings is 2. The first kappa shape index (κ1) is 17.6. The molecule has 1 amide bonds. The Balaban J connectivity index is 1.39. The molecule has 5 heterocycles. The van der Waals surface area contributed by atoms with Crippen LogP contribution in [0.3, 0.4) is 0 Å². The highest BCUT2D eigenvalue weighted by Crippen LogP contribution is 2.27. The summed E-state index contributed by atoms with van der Waals surface area (Å²) in [6, 6.07) is 11.5. The van der Waals surface area contributed by atoms with Gasteiger partial charge in [-0.1, -0.05) is 0 Å². The first-order valence-corrected chi connectivity index (χ1v) is 9.80. The molecule has 1 unspecified atom stereocenters. The van der Waals surface area contributed by atoms with E-state index in [1.807, 2.05) is 52.9 Å². The number of amides is 1. The van der Waals surface area contributed by atoms with Crippen molar-refractivity contribution in [1.29, 1.82) is 0 Å². The van der Waals surface area contributed by atoms with Crippen molar-refractivity contribution in [3.63, 3.8) is 0 Å². The number of hydrogen-bond donors (Lipinski definition) is 0. The van der Waals surface area contributed by atoms with Gasteiger partial charge in [0.15, 0.2) is 17.2 Å². The second-order valence-electron chi connectivity index (χ2n) is 7.43. The van der Waals surface area contributed by atoms with E-state index < -0.39 is 0 Å². The fourth-order valence-corrected chi connectivity index (χ4v) is 3.87. The second-order valence-corrected chi connectivity index (χ2v) is 7.43. The van der Waals surface area contributed by atoms with Gasteiger partial charge in [-0.3, -0.25) is 9.78 Å². The molecule has 146 valence electrons. The van der Waals surface area contributed by atoms with E-state index in [9.17, 15) is 4.79 Å². The zero-order chi connectivity index (χ0) is 19.8. The van der Waals surface area contributed by atoms with Gasteiger partial charge in [0.1, 0.15) is 5.76 Å².